The van der Waals surface area contributed by atoms with E-state index in [1.54, 1.807) is 0 Å². The molecule has 178 valence electrons. The highest BCUT2D eigenvalue weighted by Gasteiger charge is 2.31. The minimum atomic E-state index is -1.06. The van der Waals surface area contributed by atoms with Gasteiger partial charge in [-0.05, 0) is 46.7 Å². The van der Waals surface area contributed by atoms with E-state index in [1.165, 1.54) is 18.3 Å². The number of carbonyl (C=O) groups excluding carboxylic acids is 2. The number of rotatable bonds is 8. The highest BCUT2D eigenvalue weighted by Crippen LogP contribution is 2.44. The van der Waals surface area contributed by atoms with Crippen molar-refractivity contribution in [1.29, 1.82) is 0 Å². The summed E-state index contributed by atoms with van der Waals surface area (Å²) >= 11 is 0. The first kappa shape index (κ1) is 22.6. The van der Waals surface area contributed by atoms with E-state index < -0.39 is 24.0 Å². The monoisotopic (exact) mass is 471 g/mol. The lowest BCUT2D eigenvalue weighted by Gasteiger charge is -2.15. The molecule has 0 aliphatic heterocycles. The molecule has 1 saturated carbocycles. The van der Waals surface area contributed by atoms with Crippen molar-refractivity contribution in [3.05, 3.63) is 83.7 Å². The first-order valence-electron chi connectivity index (χ1n) is 11.6. The topological polar surface area (TPSA) is 118 Å². The van der Waals surface area contributed by atoms with Gasteiger partial charge in [-0.25, -0.2) is 14.6 Å². The SMILES string of the molecule is O=C(Nc1ccc(C(=O)N[C@@H](CC2CC2)C(=O)O)nc1)OCC1c2ccccc2-c2ccccc21. The van der Waals surface area contributed by atoms with E-state index in [4.69, 9.17) is 4.74 Å². The Morgan fingerprint density at radius 3 is 2.20 bits per heavy atom. The van der Waals surface area contributed by atoms with Crippen molar-refractivity contribution >= 4 is 23.7 Å². The number of fused-ring (bicyclic) bond motifs is 3. The van der Waals surface area contributed by atoms with Crippen molar-refractivity contribution in [3.63, 3.8) is 0 Å². The van der Waals surface area contributed by atoms with Gasteiger partial charge in [0.15, 0.2) is 0 Å². The number of ether oxygens (including phenoxy) is 1. The number of hydrogen-bond donors (Lipinski definition) is 3. The quantitative estimate of drug-likeness (QED) is 0.448. The van der Waals surface area contributed by atoms with Crippen LogP contribution in [0.1, 0.15) is 46.8 Å². The van der Waals surface area contributed by atoms with Gasteiger partial charge in [0.2, 0.25) is 0 Å². The molecule has 0 bridgehead atoms. The molecule has 0 radical (unpaired) electrons. The van der Waals surface area contributed by atoms with Gasteiger partial charge in [0, 0.05) is 5.92 Å². The summed E-state index contributed by atoms with van der Waals surface area (Å²) in [6.45, 7) is 0.186. The van der Waals surface area contributed by atoms with Crippen LogP contribution in [0.2, 0.25) is 0 Å². The smallest absolute Gasteiger partial charge is 0.411 e. The summed E-state index contributed by atoms with van der Waals surface area (Å²) in [6.07, 6.45) is 3.12. The van der Waals surface area contributed by atoms with Gasteiger partial charge in [0.05, 0.1) is 11.9 Å². The molecule has 0 unspecified atom stereocenters. The van der Waals surface area contributed by atoms with Gasteiger partial charge >= 0.3 is 12.1 Å². The Bertz CT molecular complexity index is 1220. The van der Waals surface area contributed by atoms with Crippen molar-refractivity contribution < 1.29 is 24.2 Å². The number of aromatic nitrogens is 1. The number of nitrogens with one attached hydrogen (secondary N) is 2. The number of carbonyl (C=O) groups is 3. The van der Waals surface area contributed by atoms with E-state index in [0.29, 0.717) is 18.0 Å². The molecule has 2 aliphatic carbocycles. The standard InChI is InChI=1S/C27H25N3O5/c31-25(30-24(26(32)33)13-16-9-10-16)23-12-11-17(14-28-23)29-27(34)35-15-22-20-7-3-1-5-18(20)19-6-2-4-8-21(19)22/h1-8,11-12,14,16,22,24H,9-10,13,15H2,(H,29,34)(H,30,31)(H,32,33)/t24-/m0/s1. The fourth-order valence-corrected chi connectivity index (χ4v) is 4.50. The molecule has 1 atom stereocenters. The van der Waals surface area contributed by atoms with Crippen LogP contribution in [0.25, 0.3) is 11.1 Å². The van der Waals surface area contributed by atoms with E-state index in [2.05, 4.69) is 39.9 Å². The average Bonchev–Trinajstić information content (AvgIpc) is 3.63. The molecule has 1 fully saturated rings. The Balaban J connectivity index is 1.17. The first-order chi connectivity index (χ1) is 17.0. The van der Waals surface area contributed by atoms with Crippen molar-refractivity contribution in [2.24, 2.45) is 5.92 Å². The maximum atomic E-state index is 12.4. The maximum Gasteiger partial charge on any atom is 0.411 e. The highest BCUT2D eigenvalue weighted by molar-refractivity contribution is 5.95. The van der Waals surface area contributed by atoms with Crippen LogP contribution < -0.4 is 10.6 Å². The number of hydrogen-bond acceptors (Lipinski definition) is 5. The number of benzene rings is 2. The van der Waals surface area contributed by atoms with Crippen molar-refractivity contribution in [2.75, 3.05) is 11.9 Å². The van der Waals surface area contributed by atoms with Crippen LogP contribution in [-0.4, -0.2) is 40.7 Å². The van der Waals surface area contributed by atoms with E-state index >= 15 is 0 Å². The summed E-state index contributed by atoms with van der Waals surface area (Å²) in [7, 11) is 0. The van der Waals surface area contributed by atoms with Gasteiger partial charge in [-0.15, -0.1) is 0 Å². The molecular weight excluding hydrogens is 446 g/mol. The molecule has 8 nitrogen and oxygen atoms in total. The summed E-state index contributed by atoms with van der Waals surface area (Å²) in [5.41, 5.74) is 4.99. The summed E-state index contributed by atoms with van der Waals surface area (Å²) in [4.78, 5) is 40.3. The molecule has 5 rings (SSSR count). The van der Waals surface area contributed by atoms with E-state index in [1.807, 2.05) is 24.3 Å². The fourth-order valence-electron chi connectivity index (χ4n) is 4.50. The third-order valence-electron chi connectivity index (χ3n) is 6.46. The lowest BCUT2D eigenvalue weighted by atomic mass is 9.98. The van der Waals surface area contributed by atoms with Crippen LogP contribution in [0.5, 0.6) is 0 Å². The van der Waals surface area contributed by atoms with Gasteiger partial charge in [-0.3, -0.25) is 10.1 Å². The molecule has 8 heteroatoms. The highest BCUT2D eigenvalue weighted by atomic mass is 16.5. The van der Waals surface area contributed by atoms with Crippen molar-refractivity contribution in [3.8, 4) is 11.1 Å². The third kappa shape index (κ3) is 5.01. The van der Waals surface area contributed by atoms with Gasteiger partial charge in [0.1, 0.15) is 18.3 Å². The summed E-state index contributed by atoms with van der Waals surface area (Å²) in [5, 5.41) is 14.5. The second-order valence-electron chi connectivity index (χ2n) is 8.93. The lowest BCUT2D eigenvalue weighted by Crippen LogP contribution is -2.41. The number of pyridine rings is 1. The molecule has 2 aromatic carbocycles. The molecule has 3 aromatic rings. The Kier molecular flexibility index (Phi) is 6.18. The summed E-state index contributed by atoms with van der Waals surface area (Å²) in [6, 6.07) is 18.2. The second kappa shape index (κ2) is 9.58. The molecule has 0 saturated heterocycles. The van der Waals surface area contributed by atoms with E-state index in [9.17, 15) is 19.5 Å². The molecule has 2 amide bonds. The second-order valence-corrected chi connectivity index (χ2v) is 8.93. The Morgan fingerprint density at radius 2 is 1.63 bits per heavy atom. The van der Waals surface area contributed by atoms with Gasteiger partial charge in [-0.1, -0.05) is 61.4 Å². The molecular formula is C27H25N3O5. The molecule has 1 heterocycles. The zero-order chi connectivity index (χ0) is 24.4. The van der Waals surface area contributed by atoms with E-state index in [0.717, 1.165) is 35.1 Å². The predicted octanol–water partition coefficient (Wildman–Crippen LogP) is 4.43. The summed E-state index contributed by atoms with van der Waals surface area (Å²) < 4.78 is 5.52. The fraction of sp³-hybridized carbons (Fsp3) is 0.259. The average molecular weight is 472 g/mol. The minimum Gasteiger partial charge on any atom is -0.480 e. The van der Waals surface area contributed by atoms with Crippen molar-refractivity contribution in [1.82, 2.24) is 10.3 Å². The Labute approximate surface area is 202 Å². The normalized spacial score (nSPS) is 15.0. The number of carboxylic acid groups (broad SMARTS) is 1. The first-order valence-corrected chi connectivity index (χ1v) is 11.6. The zero-order valence-corrected chi connectivity index (χ0v) is 18.9. The van der Waals surface area contributed by atoms with Crippen LogP contribution in [0.3, 0.4) is 0 Å². The number of carboxylic acids is 1. The van der Waals surface area contributed by atoms with Crippen LogP contribution in [-0.2, 0) is 9.53 Å². The zero-order valence-electron chi connectivity index (χ0n) is 18.9. The molecule has 35 heavy (non-hydrogen) atoms. The van der Waals surface area contributed by atoms with Crippen LogP contribution >= 0.6 is 0 Å². The number of anilines is 1. The molecule has 3 N–H and O–H groups in total. The maximum absolute atomic E-state index is 12.4. The van der Waals surface area contributed by atoms with E-state index in [-0.39, 0.29) is 18.2 Å². The molecule has 0 spiro atoms. The number of amides is 2. The Morgan fingerprint density at radius 1 is 0.971 bits per heavy atom. The molecule has 2 aliphatic rings. The summed E-state index contributed by atoms with van der Waals surface area (Å²) in [5.74, 6) is -1.31. The van der Waals surface area contributed by atoms with Crippen LogP contribution in [0.15, 0.2) is 66.9 Å². The number of nitrogens with zero attached hydrogens (tertiary/aromatic N) is 1. The lowest BCUT2D eigenvalue weighted by molar-refractivity contribution is -0.139. The number of aliphatic carboxylic acids is 1. The van der Waals surface area contributed by atoms with Gasteiger partial charge in [0.25, 0.3) is 5.91 Å². The minimum absolute atomic E-state index is 0.0461. The van der Waals surface area contributed by atoms with Gasteiger partial charge < -0.3 is 15.2 Å². The largest absolute Gasteiger partial charge is 0.480 e. The van der Waals surface area contributed by atoms with Gasteiger partial charge in [-0.2, -0.15) is 0 Å². The van der Waals surface area contributed by atoms with Crippen molar-refractivity contribution in [2.45, 2.75) is 31.2 Å². The third-order valence-corrected chi connectivity index (χ3v) is 6.46. The molecule has 1 aromatic heterocycles. The Hall–Kier alpha value is -4.20. The predicted molar refractivity (Wildman–Crippen MR) is 129 cm³/mol. The van der Waals surface area contributed by atoms with Crippen LogP contribution in [0.4, 0.5) is 10.5 Å². The van der Waals surface area contributed by atoms with Crippen LogP contribution in [0, 0.1) is 5.92 Å².